The molecular formula is C30H31N7O6. The lowest BCUT2D eigenvalue weighted by Gasteiger charge is -2.20. The van der Waals surface area contributed by atoms with Crippen molar-refractivity contribution >= 4 is 40.9 Å². The number of nitrogens with one attached hydrogen (secondary N) is 2. The first-order chi connectivity index (χ1) is 20.8. The smallest absolute Gasteiger partial charge is 0.419 e. The molecule has 1 fully saturated rings. The summed E-state index contributed by atoms with van der Waals surface area (Å²) < 4.78 is 11.7. The van der Waals surface area contributed by atoms with Crippen LogP contribution in [0.1, 0.15) is 68.4 Å². The molecule has 0 bridgehead atoms. The molecule has 0 spiro atoms. The summed E-state index contributed by atoms with van der Waals surface area (Å²) in [5.41, 5.74) is 3.67. The molecule has 1 aromatic carbocycles. The summed E-state index contributed by atoms with van der Waals surface area (Å²) >= 11 is 0. The number of carbonyl (C=O) groups excluding carboxylic acids is 4. The van der Waals surface area contributed by atoms with E-state index in [4.69, 9.17) is 9.47 Å². The van der Waals surface area contributed by atoms with Crippen LogP contribution < -0.4 is 10.6 Å². The Morgan fingerprint density at radius 2 is 1.91 bits per heavy atom. The van der Waals surface area contributed by atoms with Crippen molar-refractivity contribution in [1.82, 2.24) is 29.8 Å². The van der Waals surface area contributed by atoms with E-state index in [-0.39, 0.29) is 23.1 Å². The zero-order valence-corrected chi connectivity index (χ0v) is 24.0. The molecule has 2 N–H and O–H groups in total. The molecule has 1 aliphatic carbocycles. The van der Waals surface area contributed by atoms with Gasteiger partial charge < -0.3 is 20.1 Å². The molecule has 3 heterocycles. The molecule has 13 heteroatoms. The highest BCUT2D eigenvalue weighted by Gasteiger charge is 2.39. The van der Waals surface area contributed by atoms with Gasteiger partial charge in [-0.05, 0) is 68.5 Å². The predicted molar refractivity (Wildman–Crippen MR) is 155 cm³/mol. The predicted octanol–water partition coefficient (Wildman–Crippen LogP) is 4.18. The maximum atomic E-state index is 13.5. The van der Waals surface area contributed by atoms with Gasteiger partial charge in [-0.3, -0.25) is 14.6 Å². The van der Waals surface area contributed by atoms with Crippen LogP contribution in [0.15, 0.2) is 55.2 Å². The van der Waals surface area contributed by atoms with E-state index >= 15 is 0 Å². The summed E-state index contributed by atoms with van der Waals surface area (Å²) in [4.78, 5) is 60.6. The Morgan fingerprint density at radius 1 is 1.09 bits per heavy atom. The van der Waals surface area contributed by atoms with Gasteiger partial charge in [0, 0.05) is 42.4 Å². The first-order valence-corrected chi connectivity index (χ1v) is 13.8. The van der Waals surface area contributed by atoms with Crippen molar-refractivity contribution in [3.8, 4) is 0 Å². The zero-order chi connectivity index (χ0) is 30.5. The number of anilines is 2. The maximum Gasteiger partial charge on any atom is 0.419 e. The van der Waals surface area contributed by atoms with Crippen LogP contribution in [0.25, 0.3) is 5.52 Å². The van der Waals surface area contributed by atoms with Gasteiger partial charge in [0.1, 0.15) is 11.8 Å². The minimum absolute atomic E-state index is 0.196. The van der Waals surface area contributed by atoms with E-state index in [2.05, 4.69) is 25.7 Å². The number of benzene rings is 1. The SMILES string of the molecule is CCCNC(=O)c1cn2ncnc(Nc3cc(C(=O)N(C(=O)OCOC(=O)c4cccnc4)C4CC4)ccc3C)c2c1C. The quantitative estimate of drug-likeness (QED) is 0.204. The third kappa shape index (κ3) is 6.45. The number of hydrogen-bond acceptors (Lipinski definition) is 10. The Hall–Kier alpha value is -5.33. The molecule has 3 aromatic heterocycles. The van der Waals surface area contributed by atoms with Crippen LogP contribution in [0.3, 0.4) is 0 Å². The number of rotatable bonds is 10. The molecular weight excluding hydrogens is 554 g/mol. The van der Waals surface area contributed by atoms with Gasteiger partial charge in [0.05, 0.1) is 11.1 Å². The molecule has 5 rings (SSSR count). The van der Waals surface area contributed by atoms with Crippen molar-refractivity contribution in [3.63, 3.8) is 0 Å². The minimum Gasteiger partial charge on any atom is -0.424 e. The molecule has 3 amide bonds. The van der Waals surface area contributed by atoms with Crippen molar-refractivity contribution in [2.75, 3.05) is 18.7 Å². The molecule has 0 radical (unpaired) electrons. The second-order valence-corrected chi connectivity index (χ2v) is 10.1. The summed E-state index contributed by atoms with van der Waals surface area (Å²) in [5, 5.41) is 10.4. The van der Waals surface area contributed by atoms with E-state index in [1.807, 2.05) is 20.8 Å². The molecule has 0 atom stereocenters. The number of aromatic nitrogens is 4. The number of ether oxygens (including phenoxy) is 2. The van der Waals surface area contributed by atoms with Gasteiger partial charge in [0.25, 0.3) is 11.8 Å². The van der Waals surface area contributed by atoms with Crippen LogP contribution in [-0.2, 0) is 9.47 Å². The highest BCUT2D eigenvalue weighted by atomic mass is 16.7. The molecule has 0 unspecified atom stereocenters. The second-order valence-electron chi connectivity index (χ2n) is 10.1. The van der Waals surface area contributed by atoms with E-state index in [1.165, 1.54) is 24.8 Å². The van der Waals surface area contributed by atoms with Crippen LogP contribution >= 0.6 is 0 Å². The van der Waals surface area contributed by atoms with Crippen molar-refractivity contribution < 1.29 is 28.7 Å². The summed E-state index contributed by atoms with van der Waals surface area (Å²) in [6, 6.07) is 7.81. The Balaban J connectivity index is 1.32. The first kappa shape index (κ1) is 29.2. The van der Waals surface area contributed by atoms with Crippen molar-refractivity contribution in [1.29, 1.82) is 0 Å². The topological polar surface area (TPSA) is 157 Å². The van der Waals surface area contributed by atoms with Crippen molar-refractivity contribution in [2.45, 2.75) is 46.1 Å². The van der Waals surface area contributed by atoms with Crippen molar-refractivity contribution in [3.05, 3.63) is 83.1 Å². The summed E-state index contributed by atoms with van der Waals surface area (Å²) in [5.74, 6) is -0.997. The van der Waals surface area contributed by atoms with Gasteiger partial charge in [0.15, 0.2) is 5.82 Å². The number of fused-ring (bicyclic) bond motifs is 1. The third-order valence-electron chi connectivity index (χ3n) is 6.94. The number of nitrogens with zero attached hydrogens (tertiary/aromatic N) is 5. The first-order valence-electron chi connectivity index (χ1n) is 13.8. The van der Waals surface area contributed by atoms with Crippen LogP contribution in [0.5, 0.6) is 0 Å². The van der Waals surface area contributed by atoms with Crippen LogP contribution in [0, 0.1) is 13.8 Å². The van der Waals surface area contributed by atoms with Crippen molar-refractivity contribution in [2.24, 2.45) is 0 Å². The van der Waals surface area contributed by atoms with Gasteiger partial charge in [-0.15, -0.1) is 0 Å². The van der Waals surface area contributed by atoms with Gasteiger partial charge in [-0.1, -0.05) is 13.0 Å². The number of carbonyl (C=O) groups is 4. The largest absolute Gasteiger partial charge is 0.424 e. The number of aryl methyl sites for hydroxylation is 2. The van der Waals surface area contributed by atoms with Gasteiger partial charge in [0.2, 0.25) is 6.79 Å². The summed E-state index contributed by atoms with van der Waals surface area (Å²) in [6.07, 6.45) is 7.08. The number of esters is 1. The number of hydrogen-bond donors (Lipinski definition) is 2. The average molecular weight is 586 g/mol. The Kier molecular flexibility index (Phi) is 8.60. The molecule has 1 saturated carbocycles. The number of pyridine rings is 1. The molecule has 43 heavy (non-hydrogen) atoms. The lowest BCUT2D eigenvalue weighted by molar-refractivity contribution is -0.0111. The summed E-state index contributed by atoms with van der Waals surface area (Å²) in [6.45, 7) is 5.58. The Bertz CT molecular complexity index is 1680. The standard InChI is InChI=1S/C30H31N7O6/c1-4-11-32-27(38)23-15-36-25(19(23)3)26(33-16-34-36)35-24-13-20(8-7-18(24)2)28(39)37(22-9-10-22)30(41)43-17-42-29(40)21-6-5-12-31-14-21/h5-8,12-16,22H,4,9-11,17H2,1-3H3,(H,32,38)(H,33,34,35). The maximum absolute atomic E-state index is 13.5. The fourth-order valence-corrected chi connectivity index (χ4v) is 4.47. The normalized spacial score (nSPS) is 12.4. The van der Waals surface area contributed by atoms with E-state index in [9.17, 15) is 19.2 Å². The molecule has 13 nitrogen and oxygen atoms in total. The monoisotopic (exact) mass is 585 g/mol. The van der Waals surface area contributed by atoms with E-state index in [0.29, 0.717) is 47.5 Å². The fourth-order valence-electron chi connectivity index (χ4n) is 4.47. The van der Waals surface area contributed by atoms with Gasteiger partial charge >= 0.3 is 12.1 Å². The van der Waals surface area contributed by atoms with E-state index < -0.39 is 24.8 Å². The van der Waals surface area contributed by atoms with Crippen LogP contribution in [-0.4, -0.2) is 67.7 Å². The second kappa shape index (κ2) is 12.7. The lowest BCUT2D eigenvalue weighted by Crippen LogP contribution is -2.39. The van der Waals surface area contributed by atoms with E-state index in [1.54, 1.807) is 35.0 Å². The van der Waals surface area contributed by atoms with Gasteiger partial charge in [-0.25, -0.2) is 24.0 Å². The number of amides is 3. The Labute approximate surface area is 247 Å². The average Bonchev–Trinajstić information content (AvgIpc) is 3.78. The van der Waals surface area contributed by atoms with Gasteiger partial charge in [-0.2, -0.15) is 5.10 Å². The molecule has 0 aliphatic heterocycles. The highest BCUT2D eigenvalue weighted by molar-refractivity contribution is 6.04. The third-order valence-corrected chi connectivity index (χ3v) is 6.94. The molecule has 222 valence electrons. The Morgan fingerprint density at radius 3 is 2.63 bits per heavy atom. The van der Waals surface area contributed by atoms with Crippen LogP contribution in [0.4, 0.5) is 16.3 Å². The zero-order valence-electron chi connectivity index (χ0n) is 24.0. The molecule has 1 aliphatic rings. The molecule has 0 saturated heterocycles. The highest BCUT2D eigenvalue weighted by Crippen LogP contribution is 2.31. The summed E-state index contributed by atoms with van der Waals surface area (Å²) in [7, 11) is 0. The lowest BCUT2D eigenvalue weighted by atomic mass is 10.1. The van der Waals surface area contributed by atoms with Crippen LogP contribution in [0.2, 0.25) is 0 Å². The number of imide groups is 1. The van der Waals surface area contributed by atoms with E-state index in [0.717, 1.165) is 16.9 Å². The fraction of sp³-hybridized carbons (Fsp3) is 0.300. The minimum atomic E-state index is -0.906. The molecule has 4 aromatic rings.